The molecule has 0 bridgehead atoms. The van der Waals surface area contributed by atoms with E-state index >= 15 is 0 Å². The van der Waals surface area contributed by atoms with Gasteiger partial charge in [-0.1, -0.05) is 26.0 Å². The van der Waals surface area contributed by atoms with Gasteiger partial charge in [-0.3, -0.25) is 14.4 Å². The third-order valence-corrected chi connectivity index (χ3v) is 4.66. The number of benzene rings is 1. The summed E-state index contributed by atoms with van der Waals surface area (Å²) in [5.74, 6) is 0.130. The van der Waals surface area contributed by atoms with Crippen molar-refractivity contribution < 1.29 is 14.4 Å². The number of hydrogen-bond donors (Lipinski definition) is 2. The Morgan fingerprint density at radius 3 is 2.32 bits per heavy atom. The molecule has 0 unspecified atom stereocenters. The van der Waals surface area contributed by atoms with Crippen molar-refractivity contribution in [3.63, 3.8) is 0 Å². The highest BCUT2D eigenvalue weighted by molar-refractivity contribution is 6.01. The summed E-state index contributed by atoms with van der Waals surface area (Å²) < 4.78 is 0. The van der Waals surface area contributed by atoms with Gasteiger partial charge in [0.2, 0.25) is 17.7 Å². The van der Waals surface area contributed by atoms with Crippen LogP contribution in [0.5, 0.6) is 0 Å². The largest absolute Gasteiger partial charge is 0.355 e. The molecule has 0 aliphatic rings. The van der Waals surface area contributed by atoms with Crippen LogP contribution >= 0.6 is 0 Å². The summed E-state index contributed by atoms with van der Waals surface area (Å²) in [5.41, 5.74) is 2.66. The Morgan fingerprint density at radius 2 is 1.71 bits per heavy atom. The van der Waals surface area contributed by atoms with Crippen molar-refractivity contribution >= 4 is 29.2 Å². The molecule has 0 radical (unpaired) electrons. The van der Waals surface area contributed by atoms with E-state index < -0.39 is 0 Å². The number of anilines is 2. The molecule has 3 amide bonds. The molecule has 7 heteroatoms. The number of nitrogens with zero attached hydrogens (tertiary/aromatic N) is 2. The molecule has 166 valence electrons. The van der Waals surface area contributed by atoms with Crippen LogP contribution in [0.1, 0.15) is 44.2 Å². The Balaban J connectivity index is 2.05. The van der Waals surface area contributed by atoms with Gasteiger partial charge in [-0.15, -0.1) is 0 Å². The van der Waals surface area contributed by atoms with E-state index in [1.165, 1.54) is 4.90 Å². The first-order valence-corrected chi connectivity index (χ1v) is 10.6. The molecule has 1 aromatic carbocycles. The summed E-state index contributed by atoms with van der Waals surface area (Å²) in [6.45, 7) is 8.56. The van der Waals surface area contributed by atoms with Gasteiger partial charge in [0, 0.05) is 31.3 Å². The summed E-state index contributed by atoms with van der Waals surface area (Å²) in [7, 11) is 0. The molecule has 0 saturated carbocycles. The molecule has 0 spiro atoms. The number of pyridine rings is 1. The zero-order chi connectivity index (χ0) is 22.8. The lowest BCUT2D eigenvalue weighted by Crippen LogP contribution is -2.41. The van der Waals surface area contributed by atoms with Crippen molar-refractivity contribution in [2.75, 3.05) is 23.3 Å². The van der Waals surface area contributed by atoms with E-state index in [1.807, 2.05) is 32.0 Å². The van der Waals surface area contributed by atoms with E-state index in [2.05, 4.69) is 29.5 Å². The molecule has 2 N–H and O–H groups in total. The summed E-state index contributed by atoms with van der Waals surface area (Å²) in [6.07, 6.45) is 2.45. The molecule has 2 rings (SSSR count). The van der Waals surface area contributed by atoms with Gasteiger partial charge >= 0.3 is 0 Å². The van der Waals surface area contributed by atoms with Crippen molar-refractivity contribution in [2.24, 2.45) is 5.92 Å². The maximum absolute atomic E-state index is 13.0. The lowest BCUT2D eigenvalue weighted by molar-refractivity contribution is -0.125. The first-order valence-electron chi connectivity index (χ1n) is 10.6. The third-order valence-electron chi connectivity index (χ3n) is 4.66. The predicted molar refractivity (Wildman–Crippen MR) is 123 cm³/mol. The normalized spacial score (nSPS) is 10.6. The van der Waals surface area contributed by atoms with Crippen molar-refractivity contribution in [1.29, 1.82) is 0 Å². The van der Waals surface area contributed by atoms with Gasteiger partial charge < -0.3 is 15.5 Å². The van der Waals surface area contributed by atoms with Crippen LogP contribution in [-0.2, 0) is 14.4 Å². The Morgan fingerprint density at radius 1 is 1.00 bits per heavy atom. The molecule has 0 fully saturated rings. The molecular weight excluding hydrogens is 392 g/mol. The number of amides is 3. The highest BCUT2D eigenvalue weighted by Gasteiger charge is 2.20. The summed E-state index contributed by atoms with van der Waals surface area (Å²) in [6, 6.07) is 11.0. The maximum atomic E-state index is 13.0. The Hall–Kier alpha value is -3.22. The van der Waals surface area contributed by atoms with Crippen LogP contribution in [0.2, 0.25) is 0 Å². The van der Waals surface area contributed by atoms with Crippen LogP contribution in [0.25, 0.3) is 0 Å². The minimum atomic E-state index is -0.297. The average Bonchev–Trinajstić information content (AvgIpc) is 2.70. The Bertz CT molecular complexity index is 877. The number of hydrogen-bond acceptors (Lipinski definition) is 4. The van der Waals surface area contributed by atoms with Gasteiger partial charge in [-0.25, -0.2) is 4.98 Å². The van der Waals surface area contributed by atoms with Gasteiger partial charge in [0.15, 0.2) is 0 Å². The molecule has 2 aromatic rings. The van der Waals surface area contributed by atoms with Gasteiger partial charge in [-0.2, -0.15) is 0 Å². The quantitative estimate of drug-likeness (QED) is 0.609. The molecule has 7 nitrogen and oxygen atoms in total. The molecule has 0 atom stereocenters. The summed E-state index contributed by atoms with van der Waals surface area (Å²) in [5, 5.41) is 5.55. The molecule has 0 aliphatic heterocycles. The summed E-state index contributed by atoms with van der Waals surface area (Å²) in [4.78, 5) is 43.2. The second-order valence-electron chi connectivity index (χ2n) is 8.12. The number of carbonyl (C=O) groups excluding carboxylic acids is 3. The van der Waals surface area contributed by atoms with E-state index in [-0.39, 0.29) is 37.1 Å². The SMILES string of the molecule is Cc1cc(C)cc(N(CC(=O)NCCC(C)C)C(=O)CCC(=O)Nc2ccccn2)c1. The van der Waals surface area contributed by atoms with E-state index in [0.29, 0.717) is 24.0 Å². The fourth-order valence-electron chi connectivity index (χ4n) is 3.13. The van der Waals surface area contributed by atoms with Crippen LogP contribution in [-0.4, -0.2) is 35.8 Å². The number of rotatable bonds is 10. The third kappa shape index (κ3) is 8.58. The van der Waals surface area contributed by atoms with Crippen molar-refractivity contribution in [3.05, 3.63) is 53.7 Å². The standard InChI is InChI=1S/C24H32N4O3/c1-17(2)10-12-26-23(30)16-28(20-14-18(3)13-19(4)15-20)24(31)9-8-22(29)27-21-7-5-6-11-25-21/h5-7,11,13-15,17H,8-10,12,16H2,1-4H3,(H,26,30)(H,25,27,29). The van der Waals surface area contributed by atoms with Crippen LogP contribution in [0.4, 0.5) is 11.5 Å². The van der Waals surface area contributed by atoms with Gasteiger partial charge in [0.25, 0.3) is 0 Å². The highest BCUT2D eigenvalue weighted by atomic mass is 16.2. The van der Waals surface area contributed by atoms with E-state index in [4.69, 9.17) is 0 Å². The zero-order valence-electron chi connectivity index (χ0n) is 18.8. The van der Waals surface area contributed by atoms with E-state index in [0.717, 1.165) is 17.5 Å². The number of carbonyl (C=O) groups is 3. The fourth-order valence-corrected chi connectivity index (χ4v) is 3.13. The average molecular weight is 425 g/mol. The fraction of sp³-hybridized carbons (Fsp3) is 0.417. The molecule has 31 heavy (non-hydrogen) atoms. The first-order chi connectivity index (χ1) is 14.7. The van der Waals surface area contributed by atoms with Crippen molar-refractivity contribution in [1.82, 2.24) is 10.3 Å². The molecular formula is C24H32N4O3. The topological polar surface area (TPSA) is 91.4 Å². The molecule has 0 aliphatic carbocycles. The minimum Gasteiger partial charge on any atom is -0.355 e. The van der Waals surface area contributed by atoms with Gasteiger partial charge in [0.05, 0.1) is 0 Å². The predicted octanol–water partition coefficient (Wildman–Crippen LogP) is 3.61. The minimum absolute atomic E-state index is 0.00563. The second-order valence-corrected chi connectivity index (χ2v) is 8.12. The number of aromatic nitrogens is 1. The maximum Gasteiger partial charge on any atom is 0.240 e. The molecule has 1 heterocycles. The van der Waals surface area contributed by atoms with E-state index in [9.17, 15) is 14.4 Å². The van der Waals surface area contributed by atoms with Crippen molar-refractivity contribution in [3.8, 4) is 0 Å². The Kier molecular flexibility index (Phi) is 9.18. The monoisotopic (exact) mass is 424 g/mol. The lowest BCUT2D eigenvalue weighted by Gasteiger charge is -2.23. The molecule has 0 saturated heterocycles. The van der Waals surface area contributed by atoms with Crippen molar-refractivity contribution in [2.45, 2.75) is 47.0 Å². The number of nitrogens with one attached hydrogen (secondary N) is 2. The summed E-state index contributed by atoms with van der Waals surface area (Å²) >= 11 is 0. The highest BCUT2D eigenvalue weighted by Crippen LogP contribution is 2.20. The van der Waals surface area contributed by atoms with Gasteiger partial charge in [-0.05, 0) is 61.6 Å². The van der Waals surface area contributed by atoms with E-state index in [1.54, 1.807) is 24.4 Å². The smallest absolute Gasteiger partial charge is 0.240 e. The van der Waals surface area contributed by atoms with Crippen LogP contribution < -0.4 is 15.5 Å². The lowest BCUT2D eigenvalue weighted by atomic mass is 10.1. The van der Waals surface area contributed by atoms with Crippen LogP contribution in [0.15, 0.2) is 42.6 Å². The molecule has 1 aromatic heterocycles. The van der Waals surface area contributed by atoms with Gasteiger partial charge in [0.1, 0.15) is 12.4 Å². The number of aryl methyl sites for hydroxylation is 2. The van der Waals surface area contributed by atoms with Crippen LogP contribution in [0.3, 0.4) is 0 Å². The van der Waals surface area contributed by atoms with Crippen LogP contribution in [0, 0.1) is 19.8 Å². The zero-order valence-corrected chi connectivity index (χ0v) is 18.8. The second kappa shape index (κ2) is 11.8. The Labute approximate surface area is 184 Å². The first kappa shape index (κ1) is 24.1.